The van der Waals surface area contributed by atoms with Crippen molar-refractivity contribution in [2.45, 2.75) is 82.8 Å². The molecule has 0 radical (unpaired) electrons. The van der Waals surface area contributed by atoms with Gasteiger partial charge in [0.15, 0.2) is 0 Å². The van der Waals surface area contributed by atoms with Crippen molar-refractivity contribution in [3.63, 3.8) is 0 Å². The quantitative estimate of drug-likeness (QED) is 0.817. The monoisotopic (exact) mass is 298 g/mol. The number of hydrogen-bond acceptors (Lipinski definition) is 3. The van der Waals surface area contributed by atoms with Crippen LogP contribution in [0.1, 0.15) is 59.3 Å². The summed E-state index contributed by atoms with van der Waals surface area (Å²) in [6.07, 6.45) is 9.46. The molecule has 1 saturated heterocycles. The van der Waals surface area contributed by atoms with E-state index in [4.69, 9.17) is 0 Å². The number of carbonyl (C=O) groups is 1. The minimum atomic E-state index is 0.0413. The Morgan fingerprint density at radius 1 is 1.40 bits per heavy atom. The van der Waals surface area contributed by atoms with Gasteiger partial charge < -0.3 is 4.90 Å². The van der Waals surface area contributed by atoms with E-state index >= 15 is 0 Å². The molecular formula is C16H30N2OS. The van der Waals surface area contributed by atoms with Gasteiger partial charge in [-0.2, -0.15) is 11.8 Å². The molecule has 1 N–H and O–H groups in total. The molecule has 0 aromatic heterocycles. The molecule has 1 aliphatic carbocycles. The summed E-state index contributed by atoms with van der Waals surface area (Å²) in [7, 11) is 0. The molecule has 4 heteroatoms. The highest BCUT2D eigenvalue weighted by Crippen LogP contribution is 2.36. The molecule has 2 aliphatic rings. The first kappa shape index (κ1) is 16.2. The minimum Gasteiger partial charge on any atom is -0.322 e. The number of hydrogen-bond donors (Lipinski definition) is 1. The molecule has 0 aromatic rings. The minimum absolute atomic E-state index is 0.0413. The second-order valence-electron chi connectivity index (χ2n) is 6.35. The van der Waals surface area contributed by atoms with E-state index in [2.05, 4.69) is 37.2 Å². The fraction of sp³-hybridized carbons (Fsp3) is 0.938. The number of carbonyl (C=O) groups excluding carboxylic acids is 1. The predicted octanol–water partition coefficient (Wildman–Crippen LogP) is 3.24. The van der Waals surface area contributed by atoms with E-state index in [1.807, 2.05) is 11.8 Å². The van der Waals surface area contributed by atoms with Crippen LogP contribution in [0.3, 0.4) is 0 Å². The van der Waals surface area contributed by atoms with Crippen molar-refractivity contribution in [2.75, 3.05) is 6.26 Å². The molecule has 1 heterocycles. The van der Waals surface area contributed by atoms with E-state index < -0.39 is 0 Å². The standard InChI is InChI=1S/C16H30N2OS/c1-5-8-14-17-15(11(3)6-2)16(19)18(14)12-9-7-10-13(12)20-4/h11-15,17H,5-10H2,1-4H3. The molecule has 1 aliphatic heterocycles. The number of amides is 1. The van der Waals surface area contributed by atoms with Crippen LogP contribution in [0.2, 0.25) is 0 Å². The summed E-state index contributed by atoms with van der Waals surface area (Å²) in [6, 6.07) is 0.496. The summed E-state index contributed by atoms with van der Waals surface area (Å²) >= 11 is 1.94. The zero-order valence-corrected chi connectivity index (χ0v) is 14.2. The van der Waals surface area contributed by atoms with Gasteiger partial charge >= 0.3 is 0 Å². The maximum absolute atomic E-state index is 12.9. The molecule has 1 amide bonds. The van der Waals surface area contributed by atoms with E-state index in [1.165, 1.54) is 19.3 Å². The summed E-state index contributed by atoms with van der Waals surface area (Å²) < 4.78 is 0. The average molecular weight is 298 g/mol. The van der Waals surface area contributed by atoms with Gasteiger partial charge in [0.05, 0.1) is 12.2 Å². The van der Waals surface area contributed by atoms with Crippen LogP contribution in [0, 0.1) is 5.92 Å². The van der Waals surface area contributed by atoms with Crippen molar-refractivity contribution in [1.29, 1.82) is 0 Å². The van der Waals surface area contributed by atoms with Crippen molar-refractivity contribution in [1.82, 2.24) is 10.2 Å². The highest BCUT2D eigenvalue weighted by molar-refractivity contribution is 7.99. The van der Waals surface area contributed by atoms with Gasteiger partial charge in [-0.25, -0.2) is 0 Å². The van der Waals surface area contributed by atoms with Crippen LogP contribution in [-0.4, -0.2) is 40.6 Å². The summed E-state index contributed by atoms with van der Waals surface area (Å²) in [5, 5.41) is 4.27. The van der Waals surface area contributed by atoms with Gasteiger partial charge in [-0.1, -0.05) is 40.0 Å². The number of rotatable bonds is 6. The summed E-state index contributed by atoms with van der Waals surface area (Å²) in [6.45, 7) is 6.59. The van der Waals surface area contributed by atoms with E-state index in [9.17, 15) is 4.79 Å². The van der Waals surface area contributed by atoms with Gasteiger partial charge in [-0.05, 0) is 31.4 Å². The molecular weight excluding hydrogens is 268 g/mol. The van der Waals surface area contributed by atoms with Crippen LogP contribution in [0.25, 0.3) is 0 Å². The lowest BCUT2D eigenvalue weighted by Gasteiger charge is -2.33. The molecule has 2 rings (SSSR count). The first-order chi connectivity index (χ1) is 9.63. The third-order valence-electron chi connectivity index (χ3n) is 5.08. The van der Waals surface area contributed by atoms with Crippen LogP contribution in [0.4, 0.5) is 0 Å². The predicted molar refractivity (Wildman–Crippen MR) is 86.9 cm³/mol. The van der Waals surface area contributed by atoms with E-state index in [-0.39, 0.29) is 12.2 Å². The summed E-state index contributed by atoms with van der Waals surface area (Å²) in [5.74, 6) is 0.796. The van der Waals surface area contributed by atoms with Crippen LogP contribution >= 0.6 is 11.8 Å². The van der Waals surface area contributed by atoms with E-state index in [0.717, 1.165) is 19.3 Å². The molecule has 5 atom stereocenters. The van der Waals surface area contributed by atoms with Crippen molar-refractivity contribution >= 4 is 17.7 Å². The van der Waals surface area contributed by atoms with Gasteiger partial charge in [0, 0.05) is 11.3 Å². The molecule has 116 valence electrons. The van der Waals surface area contributed by atoms with E-state index in [1.54, 1.807) is 0 Å². The Morgan fingerprint density at radius 2 is 2.15 bits per heavy atom. The summed E-state index contributed by atoms with van der Waals surface area (Å²) in [4.78, 5) is 15.1. The second kappa shape index (κ2) is 7.17. The number of nitrogens with one attached hydrogen (secondary N) is 1. The maximum atomic E-state index is 12.9. The van der Waals surface area contributed by atoms with Crippen LogP contribution < -0.4 is 5.32 Å². The number of nitrogens with zero attached hydrogens (tertiary/aromatic N) is 1. The molecule has 2 fully saturated rings. The second-order valence-corrected chi connectivity index (χ2v) is 7.43. The Balaban J connectivity index is 2.16. The molecule has 0 aromatic carbocycles. The van der Waals surface area contributed by atoms with Gasteiger partial charge in [0.25, 0.3) is 0 Å². The third-order valence-corrected chi connectivity index (χ3v) is 6.24. The smallest absolute Gasteiger partial charge is 0.241 e. The Morgan fingerprint density at radius 3 is 2.75 bits per heavy atom. The maximum Gasteiger partial charge on any atom is 0.241 e. The lowest BCUT2D eigenvalue weighted by molar-refractivity contribution is -0.133. The third kappa shape index (κ3) is 3.01. The molecule has 3 nitrogen and oxygen atoms in total. The van der Waals surface area contributed by atoms with Crippen molar-refractivity contribution < 1.29 is 4.79 Å². The Bertz CT molecular complexity index is 336. The highest BCUT2D eigenvalue weighted by atomic mass is 32.2. The van der Waals surface area contributed by atoms with Crippen molar-refractivity contribution in [2.24, 2.45) is 5.92 Å². The largest absolute Gasteiger partial charge is 0.322 e. The van der Waals surface area contributed by atoms with E-state index in [0.29, 0.717) is 23.1 Å². The highest BCUT2D eigenvalue weighted by Gasteiger charge is 2.46. The molecule has 1 saturated carbocycles. The lowest BCUT2D eigenvalue weighted by Crippen LogP contribution is -2.47. The van der Waals surface area contributed by atoms with Crippen molar-refractivity contribution in [3.8, 4) is 0 Å². The fourth-order valence-corrected chi connectivity index (χ4v) is 4.69. The Hall–Kier alpha value is -0.220. The van der Waals surface area contributed by atoms with Crippen molar-refractivity contribution in [3.05, 3.63) is 0 Å². The first-order valence-corrected chi connectivity index (χ1v) is 9.53. The Kier molecular flexibility index (Phi) is 5.79. The van der Waals surface area contributed by atoms with Crippen LogP contribution in [0.15, 0.2) is 0 Å². The topological polar surface area (TPSA) is 32.3 Å². The van der Waals surface area contributed by atoms with Gasteiger partial charge in [-0.3, -0.25) is 10.1 Å². The molecule has 20 heavy (non-hydrogen) atoms. The average Bonchev–Trinajstić information content (AvgIpc) is 3.02. The molecule has 5 unspecified atom stereocenters. The fourth-order valence-electron chi connectivity index (χ4n) is 3.71. The van der Waals surface area contributed by atoms with Gasteiger partial charge in [-0.15, -0.1) is 0 Å². The zero-order valence-electron chi connectivity index (χ0n) is 13.4. The molecule has 0 spiro atoms. The van der Waals surface area contributed by atoms with Crippen LogP contribution in [0.5, 0.6) is 0 Å². The SMILES string of the molecule is CCCC1NC(C(C)CC)C(=O)N1C1CCCC1SC. The molecule has 0 bridgehead atoms. The van der Waals surface area contributed by atoms with Crippen LogP contribution in [-0.2, 0) is 4.79 Å². The zero-order chi connectivity index (χ0) is 14.7. The van der Waals surface area contributed by atoms with Gasteiger partial charge in [0.2, 0.25) is 5.91 Å². The lowest BCUT2D eigenvalue weighted by atomic mass is 9.99. The summed E-state index contributed by atoms with van der Waals surface area (Å²) in [5.41, 5.74) is 0. The number of thioether (sulfide) groups is 1. The first-order valence-electron chi connectivity index (χ1n) is 8.25. The van der Waals surface area contributed by atoms with Gasteiger partial charge in [0.1, 0.15) is 0 Å². The Labute approximate surface area is 128 Å². The normalized spacial score (nSPS) is 35.8.